The molecule has 0 bridgehead atoms. The van der Waals surface area contributed by atoms with Crippen LogP contribution in [0.3, 0.4) is 0 Å². The van der Waals surface area contributed by atoms with Crippen molar-refractivity contribution in [3.05, 3.63) is 34.9 Å². The first-order valence-corrected chi connectivity index (χ1v) is 11.4. The van der Waals surface area contributed by atoms with Crippen molar-refractivity contribution in [2.24, 2.45) is 5.92 Å². The second-order valence-corrected chi connectivity index (χ2v) is 9.35. The highest BCUT2D eigenvalue weighted by Gasteiger charge is 2.45. The SMILES string of the molecule is CCCCCc1cc(OC(=O)OC[C@H](O)CO)c2c(c1)OC(C)(C)C1CCC(C)=C[C@@H]21. The van der Waals surface area contributed by atoms with Gasteiger partial charge in [-0.25, -0.2) is 4.79 Å². The lowest BCUT2D eigenvalue weighted by atomic mass is 9.68. The van der Waals surface area contributed by atoms with Gasteiger partial charge in [-0.1, -0.05) is 31.4 Å². The third-order valence-electron chi connectivity index (χ3n) is 6.38. The van der Waals surface area contributed by atoms with Crippen LogP contribution in [0.5, 0.6) is 11.5 Å². The molecule has 2 N–H and O–H groups in total. The summed E-state index contributed by atoms with van der Waals surface area (Å²) in [5.41, 5.74) is 2.97. The first-order valence-electron chi connectivity index (χ1n) is 11.4. The molecule has 3 rings (SSSR count). The van der Waals surface area contributed by atoms with Crippen LogP contribution in [0.1, 0.15) is 76.8 Å². The Morgan fingerprint density at radius 2 is 2.10 bits per heavy atom. The molecule has 0 aromatic heterocycles. The van der Waals surface area contributed by atoms with E-state index in [0.29, 0.717) is 5.75 Å². The molecular formula is C25H36O6. The molecule has 2 aliphatic rings. The Morgan fingerprint density at radius 3 is 2.81 bits per heavy atom. The van der Waals surface area contributed by atoms with Crippen LogP contribution in [0.4, 0.5) is 4.79 Å². The summed E-state index contributed by atoms with van der Waals surface area (Å²) in [5.74, 6) is 1.61. The number of allylic oxidation sites excluding steroid dienone is 2. The number of unbranched alkanes of at least 4 members (excludes halogenated alkanes) is 2. The lowest BCUT2D eigenvalue weighted by Crippen LogP contribution is -2.45. The molecule has 0 saturated heterocycles. The summed E-state index contributed by atoms with van der Waals surface area (Å²) < 4.78 is 17.1. The normalized spacial score (nSPS) is 22.5. The van der Waals surface area contributed by atoms with Crippen molar-refractivity contribution in [2.45, 2.75) is 83.8 Å². The standard InChI is InChI=1S/C25H36O6/c1-5-6-7-8-17-12-21(30-24(28)29-15-18(27)14-26)23-19-11-16(2)9-10-20(19)25(3,4)31-22(23)13-17/h11-13,18-20,26-27H,5-10,14-15H2,1-4H3/t18-,19-,20?/m1/s1. The molecule has 1 aliphatic carbocycles. The summed E-state index contributed by atoms with van der Waals surface area (Å²) >= 11 is 0. The van der Waals surface area contributed by atoms with Crippen LogP contribution in [-0.2, 0) is 11.2 Å². The van der Waals surface area contributed by atoms with E-state index >= 15 is 0 Å². The molecule has 0 fully saturated rings. The lowest BCUT2D eigenvalue weighted by molar-refractivity contribution is 0.00812. The Hall–Kier alpha value is -2.05. The minimum atomic E-state index is -1.13. The van der Waals surface area contributed by atoms with Crippen LogP contribution in [0.15, 0.2) is 23.8 Å². The number of rotatable bonds is 8. The largest absolute Gasteiger partial charge is 0.513 e. The number of carbonyl (C=O) groups excluding carboxylic acids is 1. The lowest BCUT2D eigenvalue weighted by Gasteiger charge is -2.46. The molecule has 1 aliphatic heterocycles. The number of fused-ring (bicyclic) bond motifs is 3. The zero-order valence-electron chi connectivity index (χ0n) is 19.1. The second kappa shape index (κ2) is 10.0. The van der Waals surface area contributed by atoms with E-state index in [4.69, 9.17) is 19.3 Å². The Bertz CT molecular complexity index is 812. The van der Waals surface area contributed by atoms with E-state index in [-0.39, 0.29) is 24.0 Å². The molecule has 0 amide bonds. The van der Waals surface area contributed by atoms with Gasteiger partial charge in [0.05, 0.1) is 6.61 Å². The molecule has 1 aromatic rings. The maximum Gasteiger partial charge on any atom is 0.513 e. The smallest absolute Gasteiger partial charge is 0.487 e. The van der Waals surface area contributed by atoms with Gasteiger partial charge >= 0.3 is 6.16 Å². The number of carbonyl (C=O) groups is 1. The molecular weight excluding hydrogens is 396 g/mol. The van der Waals surface area contributed by atoms with Crippen LogP contribution in [0, 0.1) is 5.92 Å². The number of ether oxygens (including phenoxy) is 3. The summed E-state index contributed by atoms with van der Waals surface area (Å²) in [4.78, 5) is 12.3. The highest BCUT2D eigenvalue weighted by atomic mass is 16.7. The van der Waals surface area contributed by atoms with E-state index in [1.807, 2.05) is 6.07 Å². The molecule has 0 spiro atoms. The maximum absolute atomic E-state index is 12.3. The summed E-state index contributed by atoms with van der Waals surface area (Å²) in [6, 6.07) is 4.02. The predicted molar refractivity (Wildman–Crippen MR) is 119 cm³/mol. The van der Waals surface area contributed by atoms with Crippen molar-refractivity contribution in [3.8, 4) is 11.5 Å². The van der Waals surface area contributed by atoms with E-state index in [1.54, 1.807) is 0 Å². The van der Waals surface area contributed by atoms with Crippen molar-refractivity contribution in [1.29, 1.82) is 0 Å². The van der Waals surface area contributed by atoms with Crippen LogP contribution >= 0.6 is 0 Å². The molecule has 1 unspecified atom stereocenters. The van der Waals surface area contributed by atoms with Gasteiger partial charge in [0.25, 0.3) is 0 Å². The van der Waals surface area contributed by atoms with Gasteiger partial charge in [-0.3, -0.25) is 0 Å². The first-order chi connectivity index (χ1) is 14.7. The van der Waals surface area contributed by atoms with Gasteiger partial charge in [-0.2, -0.15) is 0 Å². The fourth-order valence-electron chi connectivity index (χ4n) is 4.70. The summed E-state index contributed by atoms with van der Waals surface area (Å²) in [7, 11) is 0. The number of benzene rings is 1. The Morgan fingerprint density at radius 1 is 1.32 bits per heavy atom. The Kier molecular flexibility index (Phi) is 7.65. The van der Waals surface area contributed by atoms with Gasteiger partial charge in [-0.15, -0.1) is 0 Å². The van der Waals surface area contributed by atoms with E-state index in [2.05, 4.69) is 39.8 Å². The van der Waals surface area contributed by atoms with Crippen molar-refractivity contribution in [3.63, 3.8) is 0 Å². The number of aliphatic hydroxyl groups excluding tert-OH is 2. The summed E-state index contributed by atoms with van der Waals surface area (Å²) in [6.07, 6.45) is 6.51. The van der Waals surface area contributed by atoms with Gasteiger partial charge in [0.2, 0.25) is 0 Å². The van der Waals surface area contributed by atoms with Crippen LogP contribution in [0.2, 0.25) is 0 Å². The number of aliphatic hydroxyl groups is 2. The Balaban J connectivity index is 1.96. The molecule has 31 heavy (non-hydrogen) atoms. The van der Waals surface area contributed by atoms with E-state index in [1.165, 1.54) is 5.57 Å². The van der Waals surface area contributed by atoms with Gasteiger partial charge in [0.15, 0.2) is 0 Å². The van der Waals surface area contributed by atoms with Gasteiger partial charge in [-0.05, 0) is 64.2 Å². The zero-order valence-corrected chi connectivity index (χ0v) is 19.1. The quantitative estimate of drug-likeness (QED) is 0.263. The van der Waals surface area contributed by atoms with E-state index in [9.17, 15) is 9.90 Å². The van der Waals surface area contributed by atoms with Crippen molar-refractivity contribution < 1.29 is 29.2 Å². The average Bonchev–Trinajstić information content (AvgIpc) is 2.71. The zero-order chi connectivity index (χ0) is 22.6. The molecule has 6 heteroatoms. The van der Waals surface area contributed by atoms with Gasteiger partial charge in [0, 0.05) is 17.4 Å². The maximum atomic E-state index is 12.3. The molecule has 1 aromatic carbocycles. The van der Waals surface area contributed by atoms with Crippen LogP contribution in [0.25, 0.3) is 0 Å². The minimum absolute atomic E-state index is 0.100. The van der Waals surface area contributed by atoms with Gasteiger partial charge in [0.1, 0.15) is 29.8 Å². The third-order valence-corrected chi connectivity index (χ3v) is 6.38. The number of aryl methyl sites for hydroxylation is 1. The fraction of sp³-hybridized carbons (Fsp3) is 0.640. The van der Waals surface area contributed by atoms with E-state index in [0.717, 1.165) is 55.4 Å². The minimum Gasteiger partial charge on any atom is -0.487 e. The summed E-state index contributed by atoms with van der Waals surface area (Å²) in [5, 5.41) is 18.4. The monoisotopic (exact) mass is 432 g/mol. The van der Waals surface area contributed by atoms with Crippen LogP contribution < -0.4 is 9.47 Å². The average molecular weight is 433 g/mol. The summed E-state index contributed by atoms with van der Waals surface area (Å²) in [6.45, 7) is 7.78. The topological polar surface area (TPSA) is 85.2 Å². The molecule has 6 nitrogen and oxygen atoms in total. The van der Waals surface area contributed by atoms with Crippen molar-refractivity contribution in [1.82, 2.24) is 0 Å². The number of hydrogen-bond donors (Lipinski definition) is 2. The molecule has 3 atom stereocenters. The highest BCUT2D eigenvalue weighted by Crippen LogP contribution is 2.53. The van der Waals surface area contributed by atoms with Crippen molar-refractivity contribution in [2.75, 3.05) is 13.2 Å². The first kappa shape index (κ1) is 23.6. The fourth-order valence-corrected chi connectivity index (χ4v) is 4.70. The molecule has 1 heterocycles. The molecule has 0 saturated carbocycles. The van der Waals surface area contributed by atoms with Crippen molar-refractivity contribution >= 4 is 6.16 Å². The predicted octanol–water partition coefficient (Wildman–Crippen LogP) is 4.90. The van der Waals surface area contributed by atoms with Crippen LogP contribution in [-0.4, -0.2) is 41.3 Å². The van der Waals surface area contributed by atoms with Gasteiger partial charge < -0.3 is 24.4 Å². The number of hydrogen-bond acceptors (Lipinski definition) is 6. The Labute approximate surface area is 185 Å². The second-order valence-electron chi connectivity index (χ2n) is 9.35. The molecule has 172 valence electrons. The van der Waals surface area contributed by atoms with E-state index < -0.39 is 18.9 Å². The third kappa shape index (κ3) is 5.60. The molecule has 0 radical (unpaired) electrons. The highest BCUT2D eigenvalue weighted by molar-refractivity contribution is 5.67.